The Labute approximate surface area is 120 Å². The second kappa shape index (κ2) is 5.63. The molecule has 3 nitrogen and oxygen atoms in total. The van der Waals surface area contributed by atoms with Gasteiger partial charge in [-0.1, -0.05) is 20.3 Å². The summed E-state index contributed by atoms with van der Waals surface area (Å²) in [6.07, 6.45) is 3.13. The Kier molecular flexibility index (Phi) is 4.31. The van der Waals surface area contributed by atoms with E-state index in [-0.39, 0.29) is 17.6 Å². The number of rotatable bonds is 5. The lowest BCUT2D eigenvalue weighted by Crippen LogP contribution is -2.43. The summed E-state index contributed by atoms with van der Waals surface area (Å²) >= 11 is 1.71. The molecule has 0 radical (unpaired) electrons. The summed E-state index contributed by atoms with van der Waals surface area (Å²) in [4.78, 5) is 14.7. The normalized spacial score (nSPS) is 27.3. The van der Waals surface area contributed by atoms with Crippen LogP contribution in [-0.4, -0.2) is 22.5 Å². The number of carbonyl (C=O) groups excluding carboxylic acids is 1. The molecule has 1 saturated heterocycles. The van der Waals surface area contributed by atoms with Crippen LogP contribution in [0.1, 0.15) is 51.2 Å². The van der Waals surface area contributed by atoms with Crippen LogP contribution < -0.4 is 5.32 Å². The summed E-state index contributed by atoms with van der Waals surface area (Å²) in [5.74, 6) is 0.249. The van der Waals surface area contributed by atoms with E-state index < -0.39 is 0 Å². The maximum atomic E-state index is 12.6. The first kappa shape index (κ1) is 14.5. The molecule has 4 heteroatoms. The van der Waals surface area contributed by atoms with E-state index in [0.29, 0.717) is 0 Å². The van der Waals surface area contributed by atoms with Crippen LogP contribution in [0.3, 0.4) is 0 Å². The predicted octanol–water partition coefficient (Wildman–Crippen LogP) is 3.28. The van der Waals surface area contributed by atoms with Gasteiger partial charge in [0.1, 0.15) is 0 Å². The van der Waals surface area contributed by atoms with Crippen LogP contribution >= 0.6 is 11.3 Å². The third-order valence-electron chi connectivity index (χ3n) is 4.17. The lowest BCUT2D eigenvalue weighted by atomic mass is 9.99. The van der Waals surface area contributed by atoms with Gasteiger partial charge in [-0.25, -0.2) is 0 Å². The topological polar surface area (TPSA) is 32.3 Å². The van der Waals surface area contributed by atoms with Gasteiger partial charge in [0.25, 0.3) is 0 Å². The average Bonchev–Trinajstić information content (AvgIpc) is 2.88. The highest BCUT2D eigenvalue weighted by atomic mass is 32.1. The van der Waals surface area contributed by atoms with Crippen molar-refractivity contribution in [2.75, 3.05) is 0 Å². The van der Waals surface area contributed by atoms with Gasteiger partial charge in [0.05, 0.1) is 11.7 Å². The Bertz CT molecular complexity index is 457. The Morgan fingerprint density at radius 1 is 1.42 bits per heavy atom. The fourth-order valence-corrected chi connectivity index (χ4v) is 3.48. The van der Waals surface area contributed by atoms with Gasteiger partial charge < -0.3 is 4.90 Å². The summed E-state index contributed by atoms with van der Waals surface area (Å²) in [7, 11) is 0. The van der Waals surface area contributed by atoms with Gasteiger partial charge in [0.2, 0.25) is 5.91 Å². The number of carbonyl (C=O) groups is 1. The van der Waals surface area contributed by atoms with E-state index in [9.17, 15) is 4.79 Å². The Hall–Kier alpha value is -0.870. The van der Waals surface area contributed by atoms with Gasteiger partial charge in [0, 0.05) is 6.54 Å². The molecule has 1 fully saturated rings. The van der Waals surface area contributed by atoms with Gasteiger partial charge >= 0.3 is 0 Å². The van der Waals surface area contributed by atoms with E-state index in [1.807, 2.05) is 11.8 Å². The lowest BCUT2D eigenvalue weighted by molar-refractivity contribution is -0.133. The number of amides is 1. The van der Waals surface area contributed by atoms with Crippen LogP contribution in [0.25, 0.3) is 0 Å². The summed E-state index contributed by atoms with van der Waals surface area (Å²) < 4.78 is 0. The molecule has 2 unspecified atom stereocenters. The van der Waals surface area contributed by atoms with E-state index in [0.717, 1.165) is 25.8 Å². The van der Waals surface area contributed by atoms with Crippen molar-refractivity contribution in [3.63, 3.8) is 0 Å². The van der Waals surface area contributed by atoms with Crippen LogP contribution in [0.2, 0.25) is 0 Å². The molecule has 0 bridgehead atoms. The number of thiophene rings is 1. The molecule has 1 N–H and O–H groups in total. The molecule has 1 aromatic rings. The fraction of sp³-hybridized carbons (Fsp3) is 0.667. The number of hydrogen-bond acceptors (Lipinski definition) is 3. The molecular weight excluding hydrogens is 256 g/mol. The fourth-order valence-electron chi connectivity index (χ4n) is 2.63. The number of hydrogen-bond donors (Lipinski definition) is 1. The van der Waals surface area contributed by atoms with Gasteiger partial charge in [-0.2, -0.15) is 11.3 Å². The molecular formula is C15H24N2OS. The molecule has 2 atom stereocenters. The average molecular weight is 280 g/mol. The SMILES string of the molecule is CCCC1NC(C)(CC)C(=O)N1Cc1cscc1C. The molecule has 0 spiro atoms. The smallest absolute Gasteiger partial charge is 0.244 e. The molecule has 2 heterocycles. The highest BCUT2D eigenvalue weighted by molar-refractivity contribution is 7.08. The minimum Gasteiger partial charge on any atom is -0.321 e. The molecule has 1 aliphatic heterocycles. The highest BCUT2D eigenvalue weighted by Gasteiger charge is 2.46. The van der Waals surface area contributed by atoms with E-state index in [2.05, 4.69) is 36.8 Å². The second-order valence-corrected chi connectivity index (χ2v) is 6.39. The first-order valence-corrected chi connectivity index (χ1v) is 8.06. The summed E-state index contributed by atoms with van der Waals surface area (Å²) in [6.45, 7) is 9.13. The van der Waals surface area contributed by atoms with E-state index in [1.165, 1.54) is 11.1 Å². The number of nitrogens with one attached hydrogen (secondary N) is 1. The second-order valence-electron chi connectivity index (χ2n) is 5.65. The van der Waals surface area contributed by atoms with Crippen LogP contribution in [0.5, 0.6) is 0 Å². The van der Waals surface area contributed by atoms with Crippen molar-refractivity contribution in [1.29, 1.82) is 0 Å². The number of nitrogens with zero attached hydrogens (tertiary/aromatic N) is 1. The maximum Gasteiger partial charge on any atom is 0.244 e. The van der Waals surface area contributed by atoms with Crippen LogP contribution in [0.4, 0.5) is 0 Å². The maximum absolute atomic E-state index is 12.6. The van der Waals surface area contributed by atoms with Crippen molar-refractivity contribution >= 4 is 17.2 Å². The van der Waals surface area contributed by atoms with Gasteiger partial charge in [-0.05, 0) is 48.6 Å². The zero-order valence-corrected chi connectivity index (χ0v) is 13.1. The molecule has 1 aromatic heterocycles. The van der Waals surface area contributed by atoms with Crippen molar-refractivity contribution in [3.05, 3.63) is 21.9 Å². The largest absolute Gasteiger partial charge is 0.321 e. The van der Waals surface area contributed by atoms with Crippen LogP contribution in [0.15, 0.2) is 10.8 Å². The third kappa shape index (κ3) is 2.70. The monoisotopic (exact) mass is 280 g/mol. The first-order valence-electron chi connectivity index (χ1n) is 7.12. The van der Waals surface area contributed by atoms with Gasteiger partial charge in [0.15, 0.2) is 0 Å². The molecule has 1 amide bonds. The summed E-state index contributed by atoms with van der Waals surface area (Å²) in [5, 5.41) is 7.84. The van der Waals surface area contributed by atoms with Crippen molar-refractivity contribution in [3.8, 4) is 0 Å². The summed E-state index contributed by atoms with van der Waals surface area (Å²) in [6, 6.07) is 0. The summed E-state index contributed by atoms with van der Waals surface area (Å²) in [5.41, 5.74) is 2.18. The quantitative estimate of drug-likeness (QED) is 0.897. The van der Waals surface area contributed by atoms with Crippen molar-refractivity contribution in [2.45, 2.75) is 65.2 Å². The van der Waals surface area contributed by atoms with E-state index in [1.54, 1.807) is 11.3 Å². The molecule has 0 saturated carbocycles. The first-order chi connectivity index (χ1) is 9.01. The Morgan fingerprint density at radius 2 is 2.16 bits per heavy atom. The van der Waals surface area contributed by atoms with E-state index in [4.69, 9.17) is 0 Å². The van der Waals surface area contributed by atoms with E-state index >= 15 is 0 Å². The molecule has 2 rings (SSSR count). The zero-order valence-electron chi connectivity index (χ0n) is 12.3. The molecule has 106 valence electrons. The molecule has 0 aromatic carbocycles. The zero-order chi connectivity index (χ0) is 14.0. The minimum atomic E-state index is -0.385. The molecule has 1 aliphatic rings. The van der Waals surface area contributed by atoms with Gasteiger partial charge in [-0.3, -0.25) is 10.1 Å². The predicted molar refractivity (Wildman–Crippen MR) is 80.1 cm³/mol. The Morgan fingerprint density at radius 3 is 2.68 bits per heavy atom. The number of aryl methyl sites for hydroxylation is 1. The third-order valence-corrected chi connectivity index (χ3v) is 5.08. The molecule has 0 aliphatic carbocycles. The standard InChI is InChI=1S/C15H24N2OS/c1-5-7-13-16-15(4,6-2)14(18)17(13)8-12-10-19-9-11(12)3/h9-10,13,16H,5-8H2,1-4H3. The Balaban J connectivity index is 2.20. The van der Waals surface area contributed by atoms with Crippen molar-refractivity contribution in [2.24, 2.45) is 0 Å². The van der Waals surface area contributed by atoms with Crippen LogP contribution in [0, 0.1) is 6.92 Å². The van der Waals surface area contributed by atoms with Crippen molar-refractivity contribution < 1.29 is 4.79 Å². The van der Waals surface area contributed by atoms with Crippen molar-refractivity contribution in [1.82, 2.24) is 10.2 Å². The van der Waals surface area contributed by atoms with Crippen LogP contribution in [-0.2, 0) is 11.3 Å². The molecule has 19 heavy (non-hydrogen) atoms. The lowest BCUT2D eigenvalue weighted by Gasteiger charge is -2.24. The minimum absolute atomic E-state index is 0.182. The van der Waals surface area contributed by atoms with Gasteiger partial charge in [-0.15, -0.1) is 0 Å². The highest BCUT2D eigenvalue weighted by Crippen LogP contribution is 2.28.